The molecule has 0 aliphatic carbocycles. The minimum Gasteiger partial charge on any atom is -0.462 e. The molecular formula is C8H11N3O3. The fraction of sp³-hybridized carbons (Fsp3) is 0.375. The lowest BCUT2D eigenvalue weighted by Gasteiger charge is -2.02. The Bertz CT molecular complexity index is 370. The molecule has 1 rings (SSSR count). The van der Waals surface area contributed by atoms with Crippen LogP contribution >= 0.6 is 0 Å². The number of hydrogen-bond acceptors (Lipinski definition) is 4. The van der Waals surface area contributed by atoms with Crippen molar-refractivity contribution in [1.82, 2.24) is 9.78 Å². The first-order valence-electron chi connectivity index (χ1n) is 3.94. The van der Waals surface area contributed by atoms with Crippen LogP contribution in [0.5, 0.6) is 0 Å². The Kier molecular flexibility index (Phi) is 2.85. The molecule has 0 spiro atoms. The highest BCUT2D eigenvalue weighted by molar-refractivity contribution is 6.37. The summed E-state index contributed by atoms with van der Waals surface area (Å²) in [5.41, 5.74) is 0.757. The third-order valence-electron chi connectivity index (χ3n) is 1.61. The lowest BCUT2D eigenvalue weighted by molar-refractivity contribution is -0.150. The first kappa shape index (κ1) is 10.2. The van der Waals surface area contributed by atoms with E-state index in [-0.39, 0.29) is 0 Å². The van der Waals surface area contributed by atoms with Crippen molar-refractivity contribution >= 4 is 17.7 Å². The lowest BCUT2D eigenvalue weighted by Crippen LogP contribution is -2.24. The summed E-state index contributed by atoms with van der Waals surface area (Å²) in [5, 5.41) is 6.37. The van der Waals surface area contributed by atoms with Gasteiger partial charge < -0.3 is 10.1 Å². The number of anilines is 1. The number of rotatable bonds is 1. The third kappa shape index (κ3) is 2.09. The number of amides is 1. The molecule has 0 saturated heterocycles. The standard InChI is InChI=1S/C8H11N3O3/c1-5-4-6(11(2)10-5)9-7(12)8(13)14-3/h4H,1-3H3,(H,9,12). The number of esters is 1. The van der Waals surface area contributed by atoms with Crippen molar-refractivity contribution in [3.63, 3.8) is 0 Å². The second-order valence-electron chi connectivity index (χ2n) is 2.74. The number of ether oxygens (including phenoxy) is 1. The first-order chi connectivity index (χ1) is 6.54. The van der Waals surface area contributed by atoms with Crippen LogP contribution in [-0.2, 0) is 21.4 Å². The van der Waals surface area contributed by atoms with Gasteiger partial charge in [0.25, 0.3) is 0 Å². The van der Waals surface area contributed by atoms with Crippen LogP contribution in [-0.4, -0.2) is 28.8 Å². The van der Waals surface area contributed by atoms with E-state index in [0.717, 1.165) is 12.8 Å². The van der Waals surface area contributed by atoms with Gasteiger partial charge in [-0.1, -0.05) is 0 Å². The molecule has 6 nitrogen and oxygen atoms in total. The summed E-state index contributed by atoms with van der Waals surface area (Å²) in [4.78, 5) is 21.8. The Morgan fingerprint density at radius 3 is 2.64 bits per heavy atom. The summed E-state index contributed by atoms with van der Waals surface area (Å²) in [6.07, 6.45) is 0. The molecule has 1 N–H and O–H groups in total. The Hall–Kier alpha value is -1.85. The van der Waals surface area contributed by atoms with Crippen molar-refractivity contribution in [2.75, 3.05) is 12.4 Å². The molecule has 0 unspecified atom stereocenters. The zero-order valence-corrected chi connectivity index (χ0v) is 8.20. The maximum Gasteiger partial charge on any atom is 0.396 e. The van der Waals surface area contributed by atoms with E-state index in [4.69, 9.17) is 0 Å². The maximum absolute atomic E-state index is 11.1. The van der Waals surface area contributed by atoms with E-state index >= 15 is 0 Å². The van der Waals surface area contributed by atoms with Crippen molar-refractivity contribution in [3.8, 4) is 0 Å². The van der Waals surface area contributed by atoms with Gasteiger partial charge in [-0.15, -0.1) is 0 Å². The zero-order valence-electron chi connectivity index (χ0n) is 8.20. The number of carbonyl (C=O) groups excluding carboxylic acids is 2. The Morgan fingerprint density at radius 1 is 1.57 bits per heavy atom. The zero-order chi connectivity index (χ0) is 10.7. The molecule has 0 radical (unpaired) electrons. The summed E-state index contributed by atoms with van der Waals surface area (Å²) in [6.45, 7) is 1.79. The summed E-state index contributed by atoms with van der Waals surface area (Å²) in [6, 6.07) is 1.65. The molecule has 1 aromatic rings. The molecule has 0 saturated carbocycles. The normalized spacial score (nSPS) is 9.64. The summed E-state index contributed by atoms with van der Waals surface area (Å²) < 4.78 is 5.72. The van der Waals surface area contributed by atoms with Crippen LogP contribution < -0.4 is 5.32 Å². The fourth-order valence-corrected chi connectivity index (χ4v) is 0.988. The van der Waals surface area contributed by atoms with E-state index in [1.165, 1.54) is 4.68 Å². The van der Waals surface area contributed by atoms with E-state index in [0.29, 0.717) is 5.82 Å². The molecule has 0 fully saturated rings. The molecule has 0 aliphatic heterocycles. The monoisotopic (exact) mass is 197 g/mol. The average molecular weight is 197 g/mol. The molecule has 0 bridgehead atoms. The van der Waals surface area contributed by atoms with Gasteiger partial charge in [-0.2, -0.15) is 5.10 Å². The Balaban J connectivity index is 2.74. The average Bonchev–Trinajstić information content (AvgIpc) is 2.44. The third-order valence-corrected chi connectivity index (χ3v) is 1.61. The number of hydrogen-bond donors (Lipinski definition) is 1. The minimum absolute atomic E-state index is 0.456. The SMILES string of the molecule is COC(=O)C(=O)Nc1cc(C)nn1C. The van der Waals surface area contributed by atoms with Crippen LogP contribution in [0.1, 0.15) is 5.69 Å². The van der Waals surface area contributed by atoms with Crippen LogP contribution in [0.4, 0.5) is 5.82 Å². The summed E-state index contributed by atoms with van der Waals surface area (Å²) in [5.74, 6) is -1.28. The number of aromatic nitrogens is 2. The molecule has 14 heavy (non-hydrogen) atoms. The second kappa shape index (κ2) is 3.91. The maximum atomic E-state index is 11.1. The van der Waals surface area contributed by atoms with Crippen molar-refractivity contribution < 1.29 is 14.3 Å². The van der Waals surface area contributed by atoms with Crippen molar-refractivity contribution in [2.45, 2.75) is 6.92 Å². The minimum atomic E-state index is -0.927. The van der Waals surface area contributed by atoms with Crippen LogP contribution in [0.25, 0.3) is 0 Å². The van der Waals surface area contributed by atoms with Gasteiger partial charge in [-0.3, -0.25) is 9.48 Å². The van der Waals surface area contributed by atoms with Gasteiger partial charge in [0.1, 0.15) is 5.82 Å². The second-order valence-corrected chi connectivity index (χ2v) is 2.74. The number of carbonyl (C=O) groups is 2. The molecule has 0 aliphatic rings. The number of aryl methyl sites for hydroxylation is 2. The van der Waals surface area contributed by atoms with E-state index in [1.54, 1.807) is 20.0 Å². The van der Waals surface area contributed by atoms with Crippen LogP contribution in [0.2, 0.25) is 0 Å². The van der Waals surface area contributed by atoms with Gasteiger partial charge in [0.15, 0.2) is 0 Å². The van der Waals surface area contributed by atoms with E-state index in [9.17, 15) is 9.59 Å². The van der Waals surface area contributed by atoms with Gasteiger partial charge in [0.05, 0.1) is 12.8 Å². The molecule has 0 aromatic carbocycles. The van der Waals surface area contributed by atoms with Crippen molar-refractivity contribution in [1.29, 1.82) is 0 Å². The highest BCUT2D eigenvalue weighted by atomic mass is 16.5. The van der Waals surface area contributed by atoms with Crippen LogP contribution in [0.3, 0.4) is 0 Å². The van der Waals surface area contributed by atoms with Gasteiger partial charge >= 0.3 is 11.9 Å². The number of nitrogens with zero attached hydrogens (tertiary/aromatic N) is 2. The fourth-order valence-electron chi connectivity index (χ4n) is 0.988. The van der Waals surface area contributed by atoms with Gasteiger partial charge in [0.2, 0.25) is 0 Å². The molecule has 1 amide bonds. The molecule has 6 heteroatoms. The summed E-state index contributed by atoms with van der Waals surface area (Å²) in [7, 11) is 2.82. The predicted molar refractivity (Wildman–Crippen MR) is 48.6 cm³/mol. The quantitative estimate of drug-likeness (QED) is 0.501. The highest BCUT2D eigenvalue weighted by Crippen LogP contribution is 2.07. The molecular weight excluding hydrogens is 186 g/mol. The first-order valence-corrected chi connectivity index (χ1v) is 3.94. The van der Waals surface area contributed by atoms with E-state index in [2.05, 4.69) is 15.2 Å². The van der Waals surface area contributed by atoms with Crippen LogP contribution in [0, 0.1) is 6.92 Å². The smallest absolute Gasteiger partial charge is 0.396 e. The highest BCUT2D eigenvalue weighted by Gasteiger charge is 2.15. The van der Waals surface area contributed by atoms with Gasteiger partial charge in [-0.05, 0) is 6.92 Å². The molecule has 1 heterocycles. The number of methoxy groups -OCH3 is 1. The van der Waals surface area contributed by atoms with Crippen LogP contribution in [0.15, 0.2) is 6.07 Å². The largest absolute Gasteiger partial charge is 0.462 e. The van der Waals surface area contributed by atoms with Crippen molar-refractivity contribution in [3.05, 3.63) is 11.8 Å². The van der Waals surface area contributed by atoms with Crippen molar-refractivity contribution in [2.24, 2.45) is 7.05 Å². The molecule has 1 aromatic heterocycles. The lowest BCUT2D eigenvalue weighted by atomic mass is 10.4. The molecule has 0 atom stereocenters. The van der Waals surface area contributed by atoms with E-state index in [1.807, 2.05) is 0 Å². The summed E-state index contributed by atoms with van der Waals surface area (Å²) >= 11 is 0. The van der Waals surface area contributed by atoms with E-state index < -0.39 is 11.9 Å². The number of nitrogens with one attached hydrogen (secondary N) is 1. The predicted octanol–water partition coefficient (Wildman–Crippen LogP) is -0.160. The van der Waals surface area contributed by atoms with Gasteiger partial charge in [-0.25, -0.2) is 4.79 Å². The topological polar surface area (TPSA) is 73.2 Å². The Morgan fingerprint density at radius 2 is 2.21 bits per heavy atom. The molecule has 76 valence electrons. The Labute approximate surface area is 80.8 Å². The van der Waals surface area contributed by atoms with Gasteiger partial charge in [0, 0.05) is 13.1 Å².